The van der Waals surface area contributed by atoms with E-state index in [1.807, 2.05) is 0 Å². The number of carbonyl (C=O) groups excluding carboxylic acids is 2. The first-order chi connectivity index (χ1) is 13.8. The number of thiazole rings is 1. The molecule has 0 saturated heterocycles. The van der Waals surface area contributed by atoms with Gasteiger partial charge in [-0.05, 0) is 30.3 Å². The highest BCUT2D eigenvalue weighted by molar-refractivity contribution is 7.14. The van der Waals surface area contributed by atoms with Gasteiger partial charge in [-0.3, -0.25) is 14.5 Å². The largest absolute Gasteiger partial charge is 0.320 e. The standard InChI is InChI=1S/C20H14F3N3O2S/c1-12(27)26(18-5-3-2-4-15(18)22)20-24-14(11-29-20)7-9-19(28)25-17-8-6-13(21)10-16(17)23/h2-11H,1H3,(H,25,28)/b9-7+. The summed E-state index contributed by atoms with van der Waals surface area (Å²) in [4.78, 5) is 29.3. The normalized spacial score (nSPS) is 10.9. The van der Waals surface area contributed by atoms with Crippen molar-refractivity contribution in [2.75, 3.05) is 10.2 Å². The summed E-state index contributed by atoms with van der Waals surface area (Å²) in [6, 6.07) is 8.59. The lowest BCUT2D eigenvalue weighted by atomic mass is 10.3. The Morgan fingerprint density at radius 2 is 1.86 bits per heavy atom. The van der Waals surface area contributed by atoms with Gasteiger partial charge in [0.2, 0.25) is 11.8 Å². The maximum Gasteiger partial charge on any atom is 0.248 e. The Hall–Kier alpha value is -3.46. The molecular weight excluding hydrogens is 403 g/mol. The van der Waals surface area contributed by atoms with E-state index in [-0.39, 0.29) is 16.5 Å². The molecule has 3 aromatic rings. The van der Waals surface area contributed by atoms with Gasteiger partial charge in [-0.1, -0.05) is 12.1 Å². The molecule has 0 aliphatic heterocycles. The van der Waals surface area contributed by atoms with Crippen molar-refractivity contribution in [1.29, 1.82) is 0 Å². The van der Waals surface area contributed by atoms with Crippen LogP contribution in [0.3, 0.4) is 0 Å². The predicted molar refractivity (Wildman–Crippen MR) is 105 cm³/mol. The van der Waals surface area contributed by atoms with Crippen molar-refractivity contribution in [3.8, 4) is 0 Å². The van der Waals surface area contributed by atoms with Crippen LogP contribution in [0.5, 0.6) is 0 Å². The van der Waals surface area contributed by atoms with Crippen molar-refractivity contribution in [1.82, 2.24) is 4.98 Å². The fourth-order valence-corrected chi connectivity index (χ4v) is 3.27. The van der Waals surface area contributed by atoms with Crippen LogP contribution in [0.1, 0.15) is 12.6 Å². The van der Waals surface area contributed by atoms with Gasteiger partial charge in [-0.25, -0.2) is 18.2 Å². The van der Waals surface area contributed by atoms with Gasteiger partial charge in [-0.2, -0.15) is 0 Å². The lowest BCUT2D eigenvalue weighted by Crippen LogP contribution is -2.23. The Kier molecular flexibility index (Phi) is 6.08. The minimum absolute atomic E-state index is 0.0643. The van der Waals surface area contributed by atoms with E-state index < -0.39 is 29.3 Å². The number of aromatic nitrogens is 1. The molecule has 148 valence electrons. The number of para-hydroxylation sites is 1. The lowest BCUT2D eigenvalue weighted by molar-refractivity contribution is -0.116. The molecule has 0 saturated carbocycles. The Bertz CT molecular complexity index is 1100. The van der Waals surface area contributed by atoms with Crippen molar-refractivity contribution >= 4 is 45.7 Å². The minimum atomic E-state index is -0.898. The fraction of sp³-hybridized carbons (Fsp3) is 0.0500. The smallest absolute Gasteiger partial charge is 0.248 e. The number of rotatable bonds is 5. The molecule has 5 nitrogen and oxygen atoms in total. The van der Waals surface area contributed by atoms with Crippen molar-refractivity contribution in [2.24, 2.45) is 0 Å². The monoisotopic (exact) mass is 417 g/mol. The number of nitrogens with one attached hydrogen (secondary N) is 1. The third-order valence-corrected chi connectivity index (χ3v) is 4.55. The molecule has 0 atom stereocenters. The molecule has 29 heavy (non-hydrogen) atoms. The summed E-state index contributed by atoms with van der Waals surface area (Å²) < 4.78 is 40.6. The maximum absolute atomic E-state index is 14.1. The first-order valence-corrected chi connectivity index (χ1v) is 9.18. The molecule has 0 fully saturated rings. The van der Waals surface area contributed by atoms with Crippen LogP contribution in [-0.4, -0.2) is 16.8 Å². The average Bonchev–Trinajstić information content (AvgIpc) is 3.12. The van der Waals surface area contributed by atoms with Gasteiger partial charge in [0.15, 0.2) is 5.13 Å². The average molecular weight is 417 g/mol. The molecule has 0 aliphatic rings. The van der Waals surface area contributed by atoms with Crippen molar-refractivity contribution in [2.45, 2.75) is 6.92 Å². The molecule has 0 bridgehead atoms. The fourth-order valence-electron chi connectivity index (χ4n) is 2.42. The van der Waals surface area contributed by atoms with Crippen LogP contribution < -0.4 is 10.2 Å². The summed E-state index contributed by atoms with van der Waals surface area (Å²) in [6.07, 6.45) is 2.47. The Labute approximate surface area is 168 Å². The summed E-state index contributed by atoms with van der Waals surface area (Å²) in [5, 5.41) is 4.09. The molecule has 0 unspecified atom stereocenters. The van der Waals surface area contributed by atoms with E-state index in [1.165, 1.54) is 31.2 Å². The predicted octanol–water partition coefficient (Wildman–Crippen LogP) is 4.90. The molecule has 1 N–H and O–H groups in total. The quantitative estimate of drug-likeness (QED) is 0.601. The van der Waals surface area contributed by atoms with Crippen LogP contribution in [0.15, 0.2) is 53.9 Å². The van der Waals surface area contributed by atoms with Crippen LogP contribution in [0.4, 0.5) is 29.7 Å². The Morgan fingerprint density at radius 3 is 2.55 bits per heavy atom. The van der Waals surface area contributed by atoms with Crippen LogP contribution in [0.2, 0.25) is 0 Å². The summed E-state index contributed by atoms with van der Waals surface area (Å²) in [5.41, 5.74) is 0.249. The Morgan fingerprint density at radius 1 is 1.10 bits per heavy atom. The third-order valence-electron chi connectivity index (χ3n) is 3.70. The molecule has 9 heteroatoms. The molecule has 2 aromatic carbocycles. The highest BCUT2D eigenvalue weighted by atomic mass is 32.1. The van der Waals surface area contributed by atoms with Gasteiger partial charge in [-0.15, -0.1) is 11.3 Å². The molecular formula is C20H14F3N3O2S. The summed E-state index contributed by atoms with van der Waals surface area (Å²) in [5.74, 6) is -3.30. The van der Waals surface area contributed by atoms with Crippen molar-refractivity contribution in [3.05, 3.63) is 77.1 Å². The summed E-state index contributed by atoms with van der Waals surface area (Å²) in [6.45, 7) is 1.29. The first-order valence-electron chi connectivity index (χ1n) is 8.30. The van der Waals surface area contributed by atoms with E-state index in [1.54, 1.807) is 11.4 Å². The molecule has 2 amide bonds. The van der Waals surface area contributed by atoms with Crippen LogP contribution in [0.25, 0.3) is 6.08 Å². The van der Waals surface area contributed by atoms with Gasteiger partial charge in [0.25, 0.3) is 0 Å². The lowest BCUT2D eigenvalue weighted by Gasteiger charge is -2.18. The zero-order chi connectivity index (χ0) is 21.0. The van der Waals surface area contributed by atoms with E-state index >= 15 is 0 Å². The number of benzene rings is 2. The molecule has 1 aromatic heterocycles. The Balaban J connectivity index is 1.76. The van der Waals surface area contributed by atoms with Gasteiger partial charge in [0, 0.05) is 24.4 Å². The van der Waals surface area contributed by atoms with Crippen LogP contribution >= 0.6 is 11.3 Å². The molecule has 0 radical (unpaired) electrons. The van der Waals surface area contributed by atoms with Gasteiger partial charge in [0.05, 0.1) is 17.1 Å². The highest BCUT2D eigenvalue weighted by Gasteiger charge is 2.20. The van der Waals surface area contributed by atoms with Gasteiger partial charge < -0.3 is 5.32 Å². The zero-order valence-electron chi connectivity index (χ0n) is 15.0. The highest BCUT2D eigenvalue weighted by Crippen LogP contribution is 2.31. The van der Waals surface area contributed by atoms with Gasteiger partial charge >= 0.3 is 0 Å². The van der Waals surface area contributed by atoms with Crippen LogP contribution in [-0.2, 0) is 9.59 Å². The van der Waals surface area contributed by atoms with Gasteiger partial charge in [0.1, 0.15) is 17.5 Å². The third kappa shape index (κ3) is 4.88. The number of anilines is 3. The second-order valence-electron chi connectivity index (χ2n) is 5.81. The van der Waals surface area contributed by atoms with Crippen LogP contribution in [0, 0.1) is 17.5 Å². The van der Waals surface area contributed by atoms with E-state index in [0.29, 0.717) is 11.8 Å². The molecule has 0 aliphatic carbocycles. The minimum Gasteiger partial charge on any atom is -0.320 e. The first kappa shape index (κ1) is 20.3. The van der Waals surface area contributed by atoms with E-state index in [2.05, 4.69) is 10.3 Å². The number of hydrogen-bond acceptors (Lipinski definition) is 4. The second-order valence-corrected chi connectivity index (χ2v) is 6.64. The van der Waals surface area contributed by atoms with E-state index in [4.69, 9.17) is 0 Å². The second kappa shape index (κ2) is 8.70. The van der Waals surface area contributed by atoms with Crippen molar-refractivity contribution < 1.29 is 22.8 Å². The van der Waals surface area contributed by atoms with E-state index in [0.717, 1.165) is 34.4 Å². The summed E-state index contributed by atoms with van der Waals surface area (Å²) in [7, 11) is 0. The topological polar surface area (TPSA) is 62.3 Å². The summed E-state index contributed by atoms with van der Waals surface area (Å²) >= 11 is 1.09. The van der Waals surface area contributed by atoms with Crippen molar-refractivity contribution in [3.63, 3.8) is 0 Å². The maximum atomic E-state index is 14.1. The molecule has 1 heterocycles. The molecule has 3 rings (SSSR count). The van der Waals surface area contributed by atoms with E-state index in [9.17, 15) is 22.8 Å². The molecule has 0 spiro atoms. The number of halogens is 3. The zero-order valence-corrected chi connectivity index (χ0v) is 15.8. The number of nitrogens with zero attached hydrogens (tertiary/aromatic N) is 2. The number of amides is 2. The number of carbonyl (C=O) groups is 2. The SMILES string of the molecule is CC(=O)N(c1nc(/C=C/C(=O)Nc2ccc(F)cc2F)cs1)c1ccccc1F. The number of hydrogen-bond donors (Lipinski definition) is 1.